The molecule has 0 radical (unpaired) electrons. The molecule has 0 spiro atoms. The summed E-state index contributed by atoms with van der Waals surface area (Å²) in [6.45, 7) is 0.198. The highest BCUT2D eigenvalue weighted by atomic mass is 31.2. The van der Waals surface area contributed by atoms with Gasteiger partial charge in [-0.15, -0.1) is 0 Å². The van der Waals surface area contributed by atoms with Crippen LogP contribution in [-0.4, -0.2) is 39.6 Å². The van der Waals surface area contributed by atoms with Crippen LogP contribution in [0.1, 0.15) is 6.42 Å². The summed E-state index contributed by atoms with van der Waals surface area (Å²) in [5, 5.41) is 0. The second kappa shape index (κ2) is 7.31. The number of fused-ring (bicyclic) bond motifs is 2. The molecule has 1 fully saturated rings. The highest BCUT2D eigenvalue weighted by Crippen LogP contribution is 2.56. The van der Waals surface area contributed by atoms with Gasteiger partial charge in [0.2, 0.25) is 0 Å². The second-order valence-corrected chi connectivity index (χ2v) is 7.69. The molecule has 0 aromatic carbocycles. The van der Waals surface area contributed by atoms with Crippen LogP contribution in [0, 0.1) is 0 Å². The first-order chi connectivity index (χ1) is 9.99. The lowest BCUT2D eigenvalue weighted by Crippen LogP contribution is -2.25. The molecule has 0 aromatic rings. The summed E-state index contributed by atoms with van der Waals surface area (Å²) in [6, 6.07) is 0. The largest absolute Gasteiger partial charge is 0.476 e. The van der Waals surface area contributed by atoms with Gasteiger partial charge in [-0.05, 0) is 0 Å². The lowest BCUT2D eigenvalue weighted by molar-refractivity contribution is 0.0314. The lowest BCUT2D eigenvalue weighted by atomic mass is 10.1. The molecule has 3 atom stereocenters. The van der Waals surface area contributed by atoms with Crippen molar-refractivity contribution in [3.63, 3.8) is 0 Å². The Labute approximate surface area is 123 Å². The maximum Gasteiger partial charge on any atom is 0.476 e. The second-order valence-electron chi connectivity index (χ2n) is 4.23. The highest BCUT2D eigenvalue weighted by molar-refractivity contribution is 7.48. The summed E-state index contributed by atoms with van der Waals surface area (Å²) < 4.78 is 53.6. The first-order valence-electron chi connectivity index (χ1n) is 6.29. The van der Waals surface area contributed by atoms with E-state index in [4.69, 9.17) is 18.1 Å². The van der Waals surface area contributed by atoms with Crippen molar-refractivity contribution in [2.75, 3.05) is 27.4 Å². The van der Waals surface area contributed by atoms with Crippen molar-refractivity contribution in [2.24, 2.45) is 0 Å². The topological polar surface area (TPSA) is 89.5 Å². The van der Waals surface area contributed by atoms with Crippen LogP contribution in [0.2, 0.25) is 0 Å². The maximum atomic E-state index is 12.1. The SMILES string of the molecule is COP(=O)(OC)OC/C=C/[C@H]1C[C@@H]2C=CCOP(=O)(O2)O1. The molecular weight excluding hydrogens is 322 g/mol. The molecule has 2 heterocycles. The van der Waals surface area contributed by atoms with E-state index < -0.39 is 21.7 Å². The molecule has 0 aromatic heterocycles. The molecule has 0 N–H and O–H groups in total. The zero-order valence-corrected chi connectivity index (χ0v) is 13.5. The van der Waals surface area contributed by atoms with Crippen molar-refractivity contribution in [1.29, 1.82) is 0 Å². The average molecular weight is 340 g/mol. The Morgan fingerprint density at radius 2 is 2.14 bits per heavy atom. The molecule has 2 rings (SSSR count). The van der Waals surface area contributed by atoms with E-state index in [0.717, 1.165) is 0 Å². The van der Waals surface area contributed by atoms with E-state index >= 15 is 0 Å². The summed E-state index contributed by atoms with van der Waals surface area (Å²) in [6.07, 6.45) is 6.54. The molecule has 120 valence electrons. The fraction of sp³-hybridized carbons (Fsp3) is 0.636. The molecule has 0 aliphatic carbocycles. The van der Waals surface area contributed by atoms with Crippen LogP contribution in [0.3, 0.4) is 0 Å². The predicted molar refractivity (Wildman–Crippen MR) is 73.8 cm³/mol. The number of hydrogen-bond acceptors (Lipinski definition) is 8. The summed E-state index contributed by atoms with van der Waals surface area (Å²) in [4.78, 5) is 0. The van der Waals surface area contributed by atoms with Crippen LogP contribution < -0.4 is 0 Å². The Morgan fingerprint density at radius 3 is 2.86 bits per heavy atom. The van der Waals surface area contributed by atoms with Gasteiger partial charge in [0.25, 0.3) is 0 Å². The van der Waals surface area contributed by atoms with Crippen LogP contribution in [0.15, 0.2) is 24.3 Å². The zero-order chi connectivity index (χ0) is 15.3. The molecule has 1 saturated heterocycles. The van der Waals surface area contributed by atoms with Gasteiger partial charge in [0.1, 0.15) is 0 Å². The van der Waals surface area contributed by atoms with E-state index in [0.29, 0.717) is 6.42 Å². The van der Waals surface area contributed by atoms with Gasteiger partial charge in [0.15, 0.2) is 0 Å². The van der Waals surface area contributed by atoms with E-state index in [2.05, 4.69) is 9.05 Å². The number of phosphoric ester groups is 2. The van der Waals surface area contributed by atoms with Crippen molar-refractivity contribution in [1.82, 2.24) is 0 Å². The Kier molecular flexibility index (Phi) is 5.94. The molecule has 2 bridgehead atoms. The average Bonchev–Trinajstić information content (AvgIpc) is 2.60. The fourth-order valence-corrected chi connectivity index (χ4v) is 3.87. The maximum absolute atomic E-state index is 12.1. The molecule has 0 saturated carbocycles. The van der Waals surface area contributed by atoms with Crippen molar-refractivity contribution in [2.45, 2.75) is 18.6 Å². The van der Waals surface area contributed by atoms with Crippen molar-refractivity contribution < 1.29 is 36.3 Å². The number of phosphoric acid groups is 2. The third kappa shape index (κ3) is 4.84. The van der Waals surface area contributed by atoms with Gasteiger partial charge in [-0.1, -0.05) is 24.3 Å². The standard InChI is InChI=1S/C11H18O8P2/c1-14-20(12,15-2)16-7-3-5-10-9-11-6-4-8-17-21(13,18-10)19-11/h3-6,10-11H,7-9H2,1-2H3/b5-3+/t10-,11-,21?/m0/s1. The summed E-state index contributed by atoms with van der Waals surface area (Å²) in [5.41, 5.74) is 0. The van der Waals surface area contributed by atoms with Gasteiger partial charge in [-0.25, -0.2) is 9.13 Å². The van der Waals surface area contributed by atoms with E-state index in [1.807, 2.05) is 0 Å². The summed E-state index contributed by atoms with van der Waals surface area (Å²) >= 11 is 0. The molecular formula is C11H18O8P2. The van der Waals surface area contributed by atoms with Crippen LogP contribution in [0.5, 0.6) is 0 Å². The zero-order valence-electron chi connectivity index (χ0n) is 11.7. The van der Waals surface area contributed by atoms with Gasteiger partial charge in [-0.2, -0.15) is 0 Å². The molecule has 10 heteroatoms. The smallest absolute Gasteiger partial charge is 0.290 e. The third-order valence-corrected chi connectivity index (χ3v) is 5.68. The Balaban J connectivity index is 1.88. The van der Waals surface area contributed by atoms with E-state index in [9.17, 15) is 9.13 Å². The van der Waals surface area contributed by atoms with Crippen LogP contribution in [0.25, 0.3) is 0 Å². The van der Waals surface area contributed by atoms with E-state index in [1.54, 1.807) is 24.3 Å². The Bertz CT molecular complexity index is 494. The van der Waals surface area contributed by atoms with Gasteiger partial charge in [0, 0.05) is 20.6 Å². The first kappa shape index (κ1) is 17.1. The number of rotatable bonds is 6. The molecule has 2 aliphatic rings. The van der Waals surface area contributed by atoms with Crippen LogP contribution in [-0.2, 0) is 36.3 Å². The molecule has 21 heavy (non-hydrogen) atoms. The van der Waals surface area contributed by atoms with Crippen molar-refractivity contribution in [3.8, 4) is 0 Å². The molecule has 8 nitrogen and oxygen atoms in total. The van der Waals surface area contributed by atoms with E-state index in [1.165, 1.54) is 14.2 Å². The number of hydrogen-bond donors (Lipinski definition) is 0. The minimum Gasteiger partial charge on any atom is -0.290 e. The predicted octanol–water partition coefficient (Wildman–Crippen LogP) is 2.83. The summed E-state index contributed by atoms with van der Waals surface area (Å²) in [7, 11) is -4.55. The van der Waals surface area contributed by atoms with Crippen molar-refractivity contribution >= 4 is 15.6 Å². The van der Waals surface area contributed by atoms with Gasteiger partial charge in [-0.3, -0.25) is 27.1 Å². The molecule has 2 aliphatic heterocycles. The minimum atomic E-state index is -3.51. The first-order valence-corrected chi connectivity index (χ1v) is 9.21. The Morgan fingerprint density at radius 1 is 1.38 bits per heavy atom. The fourth-order valence-electron chi connectivity index (χ4n) is 1.82. The lowest BCUT2D eigenvalue weighted by Gasteiger charge is -2.29. The van der Waals surface area contributed by atoms with Gasteiger partial charge < -0.3 is 0 Å². The van der Waals surface area contributed by atoms with E-state index in [-0.39, 0.29) is 19.3 Å². The highest BCUT2D eigenvalue weighted by Gasteiger charge is 2.39. The minimum absolute atomic E-state index is 0.00530. The van der Waals surface area contributed by atoms with Crippen LogP contribution in [0.4, 0.5) is 0 Å². The van der Waals surface area contributed by atoms with Crippen molar-refractivity contribution in [3.05, 3.63) is 24.3 Å². The summed E-state index contributed by atoms with van der Waals surface area (Å²) in [5.74, 6) is 0. The third-order valence-electron chi connectivity index (χ3n) is 2.80. The Hall–Kier alpha value is -0.300. The quantitative estimate of drug-likeness (QED) is 0.539. The normalized spacial score (nSPS) is 33.2. The van der Waals surface area contributed by atoms with Crippen LogP contribution >= 0.6 is 15.6 Å². The molecule has 1 unspecified atom stereocenters. The van der Waals surface area contributed by atoms with Gasteiger partial charge >= 0.3 is 15.6 Å². The van der Waals surface area contributed by atoms with Gasteiger partial charge in [0.05, 0.1) is 25.4 Å². The molecule has 0 amide bonds. The monoisotopic (exact) mass is 340 g/mol.